The van der Waals surface area contributed by atoms with Crippen LogP contribution in [0.25, 0.3) is 10.8 Å². The monoisotopic (exact) mass is 232 g/mol. The summed E-state index contributed by atoms with van der Waals surface area (Å²) in [6, 6.07) is 2.24. The quantitative estimate of drug-likeness (QED) is 0.860. The van der Waals surface area contributed by atoms with E-state index in [4.69, 9.17) is 0 Å². The van der Waals surface area contributed by atoms with E-state index in [0.717, 1.165) is 23.1 Å². The maximum absolute atomic E-state index is 4.59. The smallest absolute Gasteiger partial charge is 0.188 e. The molecule has 1 N–H and O–H groups in total. The largest absolute Gasteiger partial charge is 0.309 e. The van der Waals surface area contributed by atoms with Crippen LogP contribution in [0.3, 0.4) is 0 Å². The standard InChI is InChI=1S/C11H12N4S/c1-3-8(12-4-1)9-7-16-11(15-9)10-13-5-2-6-14-10/h2,5-8,12H,1,3-4H2. The SMILES string of the molecule is c1cnc(-c2nc(C3CCCN3)cs2)nc1. The Balaban J connectivity index is 1.87. The van der Waals surface area contributed by atoms with Crippen molar-refractivity contribution in [1.29, 1.82) is 0 Å². The van der Waals surface area contributed by atoms with Crippen molar-refractivity contribution < 1.29 is 0 Å². The van der Waals surface area contributed by atoms with E-state index in [1.807, 2.05) is 6.07 Å². The number of nitrogens with zero attached hydrogens (tertiary/aromatic N) is 3. The van der Waals surface area contributed by atoms with Crippen molar-refractivity contribution in [2.75, 3.05) is 6.54 Å². The molecule has 16 heavy (non-hydrogen) atoms. The molecule has 0 amide bonds. The molecule has 1 atom stereocenters. The van der Waals surface area contributed by atoms with Crippen LogP contribution in [-0.4, -0.2) is 21.5 Å². The highest BCUT2D eigenvalue weighted by Gasteiger charge is 2.19. The summed E-state index contributed by atoms with van der Waals surface area (Å²) in [6.45, 7) is 1.10. The first kappa shape index (κ1) is 9.86. The Labute approximate surface area is 97.8 Å². The number of rotatable bonds is 2. The highest BCUT2D eigenvalue weighted by Crippen LogP contribution is 2.27. The Kier molecular flexibility index (Phi) is 2.63. The molecule has 1 fully saturated rings. The summed E-state index contributed by atoms with van der Waals surface area (Å²) >= 11 is 1.61. The van der Waals surface area contributed by atoms with Crippen molar-refractivity contribution in [1.82, 2.24) is 20.3 Å². The first-order valence-corrected chi connectivity index (χ1v) is 6.27. The van der Waals surface area contributed by atoms with Gasteiger partial charge in [0.25, 0.3) is 0 Å². The molecule has 1 saturated heterocycles. The molecule has 0 aromatic carbocycles. The number of thiazole rings is 1. The van der Waals surface area contributed by atoms with Crippen molar-refractivity contribution in [3.63, 3.8) is 0 Å². The minimum Gasteiger partial charge on any atom is -0.309 e. The zero-order valence-electron chi connectivity index (χ0n) is 8.76. The third-order valence-corrected chi connectivity index (χ3v) is 3.55. The lowest BCUT2D eigenvalue weighted by Crippen LogP contribution is -2.12. The van der Waals surface area contributed by atoms with Gasteiger partial charge < -0.3 is 5.32 Å². The summed E-state index contributed by atoms with van der Waals surface area (Å²) in [5, 5.41) is 6.45. The fourth-order valence-corrected chi connectivity index (χ4v) is 2.71. The molecule has 0 aliphatic carbocycles. The van der Waals surface area contributed by atoms with Crippen molar-refractivity contribution in [2.24, 2.45) is 0 Å². The van der Waals surface area contributed by atoms with Crippen LogP contribution in [-0.2, 0) is 0 Å². The van der Waals surface area contributed by atoms with Gasteiger partial charge in [-0.3, -0.25) is 0 Å². The normalized spacial score (nSPS) is 20.1. The predicted molar refractivity (Wildman–Crippen MR) is 63.1 cm³/mol. The Morgan fingerprint density at radius 1 is 1.31 bits per heavy atom. The van der Waals surface area contributed by atoms with Gasteiger partial charge in [0.15, 0.2) is 10.8 Å². The van der Waals surface area contributed by atoms with Gasteiger partial charge in [0.1, 0.15) is 0 Å². The highest BCUT2D eigenvalue weighted by atomic mass is 32.1. The Morgan fingerprint density at radius 2 is 2.19 bits per heavy atom. The van der Waals surface area contributed by atoms with Crippen LogP contribution in [0, 0.1) is 0 Å². The number of aromatic nitrogens is 3. The van der Waals surface area contributed by atoms with E-state index in [1.54, 1.807) is 23.7 Å². The van der Waals surface area contributed by atoms with Crippen molar-refractivity contribution in [3.05, 3.63) is 29.5 Å². The van der Waals surface area contributed by atoms with E-state index < -0.39 is 0 Å². The van der Waals surface area contributed by atoms with Gasteiger partial charge in [-0.25, -0.2) is 15.0 Å². The second-order valence-corrected chi connectivity index (χ2v) is 4.66. The maximum atomic E-state index is 4.59. The van der Waals surface area contributed by atoms with Crippen LogP contribution < -0.4 is 5.32 Å². The summed E-state index contributed by atoms with van der Waals surface area (Å²) in [6.07, 6.45) is 5.91. The molecular formula is C11H12N4S. The van der Waals surface area contributed by atoms with Gasteiger partial charge in [-0.05, 0) is 25.5 Å². The lowest BCUT2D eigenvalue weighted by molar-refractivity contribution is 0.632. The van der Waals surface area contributed by atoms with Gasteiger partial charge in [-0.2, -0.15) is 0 Å². The second kappa shape index (κ2) is 4.27. The Bertz CT molecular complexity index is 462. The molecule has 3 rings (SSSR count). The van der Waals surface area contributed by atoms with Crippen LogP contribution >= 0.6 is 11.3 Å². The van der Waals surface area contributed by atoms with Crippen LogP contribution in [0.4, 0.5) is 0 Å². The summed E-state index contributed by atoms with van der Waals surface area (Å²) in [4.78, 5) is 13.0. The second-order valence-electron chi connectivity index (χ2n) is 3.80. The first-order chi connectivity index (χ1) is 7.93. The number of hydrogen-bond acceptors (Lipinski definition) is 5. The lowest BCUT2D eigenvalue weighted by atomic mass is 10.2. The Hall–Kier alpha value is -1.33. The molecule has 0 spiro atoms. The van der Waals surface area contributed by atoms with Gasteiger partial charge in [-0.15, -0.1) is 11.3 Å². The zero-order valence-corrected chi connectivity index (χ0v) is 9.57. The van der Waals surface area contributed by atoms with Crippen molar-refractivity contribution >= 4 is 11.3 Å². The third kappa shape index (κ3) is 1.83. The zero-order chi connectivity index (χ0) is 10.8. The Morgan fingerprint density at radius 3 is 2.94 bits per heavy atom. The molecule has 1 unspecified atom stereocenters. The molecule has 82 valence electrons. The molecular weight excluding hydrogens is 220 g/mol. The third-order valence-electron chi connectivity index (χ3n) is 2.70. The average molecular weight is 232 g/mol. The molecule has 4 nitrogen and oxygen atoms in total. The molecule has 3 heterocycles. The van der Waals surface area contributed by atoms with Crippen molar-refractivity contribution in [2.45, 2.75) is 18.9 Å². The van der Waals surface area contributed by atoms with Crippen molar-refractivity contribution in [3.8, 4) is 10.8 Å². The minimum atomic E-state index is 0.425. The minimum absolute atomic E-state index is 0.425. The fraction of sp³-hybridized carbons (Fsp3) is 0.364. The van der Waals surface area contributed by atoms with Crippen LogP contribution in [0.1, 0.15) is 24.6 Å². The van der Waals surface area contributed by atoms with Crippen LogP contribution in [0.5, 0.6) is 0 Å². The molecule has 1 aliphatic heterocycles. The highest BCUT2D eigenvalue weighted by molar-refractivity contribution is 7.13. The summed E-state index contributed by atoms with van der Waals surface area (Å²) in [7, 11) is 0. The van der Waals surface area contributed by atoms with Crippen LogP contribution in [0.2, 0.25) is 0 Å². The summed E-state index contributed by atoms with van der Waals surface area (Å²) < 4.78 is 0. The van der Waals surface area contributed by atoms with Crippen LogP contribution in [0.15, 0.2) is 23.8 Å². The number of nitrogens with one attached hydrogen (secondary N) is 1. The van der Waals surface area contributed by atoms with E-state index in [9.17, 15) is 0 Å². The van der Waals surface area contributed by atoms with Gasteiger partial charge in [0.05, 0.1) is 11.7 Å². The first-order valence-electron chi connectivity index (χ1n) is 5.40. The lowest BCUT2D eigenvalue weighted by Gasteiger charge is -2.04. The molecule has 0 saturated carbocycles. The summed E-state index contributed by atoms with van der Waals surface area (Å²) in [5.41, 5.74) is 1.13. The number of hydrogen-bond donors (Lipinski definition) is 1. The van der Waals surface area contributed by atoms with E-state index in [2.05, 4.69) is 25.6 Å². The molecule has 5 heteroatoms. The van der Waals surface area contributed by atoms with E-state index in [-0.39, 0.29) is 0 Å². The van der Waals surface area contributed by atoms with E-state index in [1.165, 1.54) is 12.8 Å². The van der Waals surface area contributed by atoms with Gasteiger partial charge >= 0.3 is 0 Å². The predicted octanol–water partition coefficient (Wildman–Crippen LogP) is 2.02. The summed E-state index contributed by atoms with van der Waals surface area (Å²) in [5.74, 6) is 0.719. The molecule has 0 radical (unpaired) electrons. The molecule has 0 bridgehead atoms. The average Bonchev–Trinajstić information content (AvgIpc) is 3.01. The van der Waals surface area contributed by atoms with E-state index in [0.29, 0.717) is 6.04 Å². The fourth-order valence-electron chi connectivity index (χ4n) is 1.90. The maximum Gasteiger partial charge on any atom is 0.188 e. The van der Waals surface area contributed by atoms with E-state index >= 15 is 0 Å². The molecule has 2 aromatic rings. The van der Waals surface area contributed by atoms with Gasteiger partial charge in [-0.1, -0.05) is 0 Å². The van der Waals surface area contributed by atoms with Gasteiger partial charge in [0.2, 0.25) is 0 Å². The molecule has 2 aromatic heterocycles. The molecule has 1 aliphatic rings. The topological polar surface area (TPSA) is 50.7 Å². The van der Waals surface area contributed by atoms with Gasteiger partial charge in [0, 0.05) is 17.8 Å².